The maximum Gasteiger partial charge on any atom is 0.255 e. The third kappa shape index (κ3) is 2.79. The lowest BCUT2D eigenvalue weighted by Crippen LogP contribution is -2.26. The molecule has 0 aliphatic rings. The quantitative estimate of drug-likeness (QED) is 0.786. The van der Waals surface area contributed by atoms with Crippen molar-refractivity contribution in [3.63, 3.8) is 0 Å². The van der Waals surface area contributed by atoms with Gasteiger partial charge in [0.1, 0.15) is 11.4 Å². The maximum atomic E-state index is 12.3. The third-order valence-electron chi connectivity index (χ3n) is 3.54. The molecule has 3 aromatic rings. The summed E-state index contributed by atoms with van der Waals surface area (Å²) in [5, 5.41) is 2.93. The van der Waals surface area contributed by atoms with Gasteiger partial charge < -0.3 is 14.5 Å². The van der Waals surface area contributed by atoms with Gasteiger partial charge in [0.15, 0.2) is 0 Å². The zero-order valence-electron chi connectivity index (χ0n) is 12.3. The molecule has 2 aromatic heterocycles. The van der Waals surface area contributed by atoms with Crippen molar-refractivity contribution >= 4 is 11.6 Å². The summed E-state index contributed by atoms with van der Waals surface area (Å²) >= 11 is 0. The standard InChI is InChI=1S/C17H17N3O2/c1-22-15-7-3-2-5-13(15)8-9-19-17(21)14-6-4-11-20-12-10-18-16(14)20/h2-7,10-12H,8-9H2,1H3,(H,19,21). The van der Waals surface area contributed by atoms with Crippen molar-refractivity contribution in [1.29, 1.82) is 0 Å². The van der Waals surface area contributed by atoms with Crippen molar-refractivity contribution < 1.29 is 9.53 Å². The highest BCUT2D eigenvalue weighted by molar-refractivity contribution is 5.99. The molecular formula is C17H17N3O2. The lowest BCUT2D eigenvalue weighted by Gasteiger charge is -2.09. The number of carbonyl (C=O) groups is 1. The summed E-state index contributed by atoms with van der Waals surface area (Å²) in [4.78, 5) is 16.5. The van der Waals surface area contributed by atoms with Crippen LogP contribution in [-0.2, 0) is 6.42 Å². The van der Waals surface area contributed by atoms with Gasteiger partial charge >= 0.3 is 0 Å². The van der Waals surface area contributed by atoms with Crippen LogP contribution in [0.15, 0.2) is 55.0 Å². The van der Waals surface area contributed by atoms with Gasteiger partial charge in [-0.3, -0.25) is 4.79 Å². The Kier molecular flexibility index (Phi) is 4.05. The highest BCUT2D eigenvalue weighted by Gasteiger charge is 2.11. The number of pyridine rings is 1. The number of imidazole rings is 1. The monoisotopic (exact) mass is 295 g/mol. The summed E-state index contributed by atoms with van der Waals surface area (Å²) in [5.74, 6) is 0.721. The molecule has 3 rings (SSSR count). The summed E-state index contributed by atoms with van der Waals surface area (Å²) in [7, 11) is 1.65. The van der Waals surface area contributed by atoms with E-state index in [-0.39, 0.29) is 5.91 Å². The second-order valence-corrected chi connectivity index (χ2v) is 4.90. The van der Waals surface area contributed by atoms with Crippen LogP contribution >= 0.6 is 0 Å². The van der Waals surface area contributed by atoms with Gasteiger partial charge in [-0.1, -0.05) is 18.2 Å². The first-order chi connectivity index (χ1) is 10.8. The molecule has 0 aliphatic heterocycles. The molecular weight excluding hydrogens is 278 g/mol. The first-order valence-electron chi connectivity index (χ1n) is 7.11. The Morgan fingerprint density at radius 1 is 1.23 bits per heavy atom. The van der Waals surface area contributed by atoms with Gasteiger partial charge in [-0.15, -0.1) is 0 Å². The number of aromatic nitrogens is 2. The molecule has 0 saturated heterocycles. The molecule has 0 fully saturated rings. The minimum atomic E-state index is -0.119. The van der Waals surface area contributed by atoms with E-state index in [1.165, 1.54) is 0 Å². The summed E-state index contributed by atoms with van der Waals surface area (Å²) in [6.07, 6.45) is 6.09. The zero-order chi connectivity index (χ0) is 15.4. The normalized spacial score (nSPS) is 10.6. The van der Waals surface area contributed by atoms with Crippen molar-refractivity contribution in [2.45, 2.75) is 6.42 Å². The predicted molar refractivity (Wildman–Crippen MR) is 84.2 cm³/mol. The molecule has 1 amide bonds. The molecule has 0 radical (unpaired) electrons. The molecule has 2 heterocycles. The molecule has 1 N–H and O–H groups in total. The van der Waals surface area contributed by atoms with E-state index >= 15 is 0 Å². The van der Waals surface area contributed by atoms with Gasteiger partial charge in [0.05, 0.1) is 12.7 Å². The second-order valence-electron chi connectivity index (χ2n) is 4.90. The van der Waals surface area contributed by atoms with Crippen molar-refractivity contribution in [2.75, 3.05) is 13.7 Å². The Labute approximate surface area is 128 Å². The van der Waals surface area contributed by atoms with E-state index in [0.717, 1.165) is 11.3 Å². The predicted octanol–water partition coefficient (Wildman–Crippen LogP) is 2.32. The SMILES string of the molecule is COc1ccccc1CCNC(=O)c1cccn2ccnc12. The number of hydrogen-bond acceptors (Lipinski definition) is 3. The highest BCUT2D eigenvalue weighted by Crippen LogP contribution is 2.17. The fourth-order valence-corrected chi connectivity index (χ4v) is 2.44. The van der Waals surface area contributed by atoms with Crippen LogP contribution in [0.25, 0.3) is 5.65 Å². The van der Waals surface area contributed by atoms with Gasteiger partial charge in [-0.05, 0) is 30.2 Å². The van der Waals surface area contributed by atoms with Crippen LogP contribution < -0.4 is 10.1 Å². The van der Waals surface area contributed by atoms with E-state index in [2.05, 4.69) is 10.3 Å². The summed E-state index contributed by atoms with van der Waals surface area (Å²) in [6, 6.07) is 11.4. The Balaban J connectivity index is 1.67. The molecule has 112 valence electrons. The van der Waals surface area contributed by atoms with Crippen LogP contribution in [0.2, 0.25) is 0 Å². The minimum absolute atomic E-state index is 0.119. The Morgan fingerprint density at radius 3 is 2.95 bits per heavy atom. The number of benzene rings is 1. The minimum Gasteiger partial charge on any atom is -0.496 e. The summed E-state index contributed by atoms with van der Waals surface area (Å²) in [6.45, 7) is 0.543. The van der Waals surface area contributed by atoms with Crippen molar-refractivity contribution in [3.8, 4) is 5.75 Å². The summed E-state index contributed by atoms with van der Waals surface area (Å²) in [5.41, 5.74) is 2.31. The molecule has 0 aliphatic carbocycles. The fraction of sp³-hybridized carbons (Fsp3) is 0.176. The van der Waals surface area contributed by atoms with Crippen molar-refractivity contribution in [2.24, 2.45) is 0 Å². The number of fused-ring (bicyclic) bond motifs is 1. The van der Waals surface area contributed by atoms with Gasteiger partial charge in [0.2, 0.25) is 0 Å². The molecule has 1 aromatic carbocycles. The highest BCUT2D eigenvalue weighted by atomic mass is 16.5. The van der Waals surface area contributed by atoms with Gasteiger partial charge in [0, 0.05) is 25.1 Å². The van der Waals surface area contributed by atoms with E-state index in [1.807, 2.05) is 47.1 Å². The second kappa shape index (κ2) is 6.30. The smallest absolute Gasteiger partial charge is 0.255 e. The lowest BCUT2D eigenvalue weighted by molar-refractivity contribution is 0.0955. The number of para-hydroxylation sites is 1. The van der Waals surface area contributed by atoms with Crippen LogP contribution in [0.4, 0.5) is 0 Å². The van der Waals surface area contributed by atoms with Gasteiger partial charge in [0.25, 0.3) is 5.91 Å². The topological polar surface area (TPSA) is 55.6 Å². The largest absolute Gasteiger partial charge is 0.496 e. The Hall–Kier alpha value is -2.82. The molecule has 0 bridgehead atoms. The average molecular weight is 295 g/mol. The first kappa shape index (κ1) is 14.1. The molecule has 0 saturated carbocycles. The fourth-order valence-electron chi connectivity index (χ4n) is 2.44. The Morgan fingerprint density at radius 2 is 2.09 bits per heavy atom. The molecule has 5 heteroatoms. The number of rotatable bonds is 5. The Bertz CT molecular complexity index is 795. The van der Waals surface area contributed by atoms with Crippen LogP contribution in [-0.4, -0.2) is 28.9 Å². The van der Waals surface area contributed by atoms with Crippen LogP contribution in [0.1, 0.15) is 15.9 Å². The van der Waals surface area contributed by atoms with E-state index in [0.29, 0.717) is 24.2 Å². The van der Waals surface area contributed by atoms with E-state index in [4.69, 9.17) is 4.74 Å². The number of carbonyl (C=O) groups excluding carboxylic acids is 1. The van der Waals surface area contributed by atoms with Crippen molar-refractivity contribution in [1.82, 2.24) is 14.7 Å². The van der Waals surface area contributed by atoms with Gasteiger partial charge in [-0.2, -0.15) is 0 Å². The lowest BCUT2D eigenvalue weighted by atomic mass is 10.1. The number of hydrogen-bond donors (Lipinski definition) is 1. The van der Waals surface area contributed by atoms with E-state index in [9.17, 15) is 4.79 Å². The molecule has 22 heavy (non-hydrogen) atoms. The molecule has 0 unspecified atom stereocenters. The van der Waals surface area contributed by atoms with E-state index < -0.39 is 0 Å². The van der Waals surface area contributed by atoms with E-state index in [1.54, 1.807) is 19.4 Å². The molecule has 5 nitrogen and oxygen atoms in total. The van der Waals surface area contributed by atoms with Crippen LogP contribution in [0.3, 0.4) is 0 Å². The first-order valence-corrected chi connectivity index (χ1v) is 7.11. The molecule has 0 spiro atoms. The van der Waals surface area contributed by atoms with Gasteiger partial charge in [-0.25, -0.2) is 4.98 Å². The van der Waals surface area contributed by atoms with Crippen LogP contribution in [0.5, 0.6) is 5.75 Å². The maximum absolute atomic E-state index is 12.3. The number of methoxy groups -OCH3 is 1. The van der Waals surface area contributed by atoms with Crippen molar-refractivity contribution in [3.05, 3.63) is 66.1 Å². The number of nitrogens with zero attached hydrogens (tertiary/aromatic N) is 2. The number of amides is 1. The molecule has 0 atom stereocenters. The third-order valence-corrected chi connectivity index (χ3v) is 3.54. The zero-order valence-corrected chi connectivity index (χ0v) is 12.3. The van der Waals surface area contributed by atoms with Crippen LogP contribution in [0, 0.1) is 0 Å². The number of nitrogens with one attached hydrogen (secondary N) is 1. The average Bonchev–Trinajstić information content (AvgIpc) is 3.03. The summed E-state index contributed by atoms with van der Waals surface area (Å²) < 4.78 is 7.14. The number of ether oxygens (including phenoxy) is 1.